The topological polar surface area (TPSA) is 166 Å². The molecule has 0 spiro atoms. The Kier molecular flexibility index (Phi) is 6.30. The van der Waals surface area contributed by atoms with Crippen molar-refractivity contribution in [1.82, 2.24) is 9.78 Å². The number of nitrogens with zero attached hydrogens (tertiary/aromatic N) is 3. The predicted octanol–water partition coefficient (Wildman–Crippen LogP) is 3.62. The van der Waals surface area contributed by atoms with Gasteiger partial charge in [-0.1, -0.05) is 18.2 Å². The highest BCUT2D eigenvalue weighted by Gasteiger charge is 2.20. The van der Waals surface area contributed by atoms with Crippen molar-refractivity contribution in [3.05, 3.63) is 70.1 Å². The van der Waals surface area contributed by atoms with Gasteiger partial charge in [0, 0.05) is 10.7 Å². The van der Waals surface area contributed by atoms with Gasteiger partial charge in [-0.25, -0.2) is 4.68 Å². The van der Waals surface area contributed by atoms with Gasteiger partial charge in [-0.15, -0.1) is 10.2 Å². The number of aromatic hydroxyl groups is 1. The van der Waals surface area contributed by atoms with Crippen molar-refractivity contribution in [2.24, 2.45) is 10.2 Å². The Labute approximate surface area is 186 Å². The summed E-state index contributed by atoms with van der Waals surface area (Å²) in [6, 6.07) is 8.30. The summed E-state index contributed by atoms with van der Waals surface area (Å²) in [6.45, 7) is 4.93. The molecule has 3 rings (SSSR count). The molecule has 4 N–H and O–H groups in total. The Morgan fingerprint density at radius 3 is 2.50 bits per heavy atom. The number of hydrogen-bond acceptors (Lipinski definition) is 7. The summed E-state index contributed by atoms with van der Waals surface area (Å²) < 4.78 is 33.1. The van der Waals surface area contributed by atoms with Crippen LogP contribution in [0.3, 0.4) is 0 Å². The number of carbonyl (C=O) groups is 1. The van der Waals surface area contributed by atoms with Crippen molar-refractivity contribution in [2.45, 2.75) is 11.8 Å². The maximum Gasteiger partial charge on any atom is 0.299 e. The van der Waals surface area contributed by atoms with E-state index in [4.69, 9.17) is 11.6 Å². The first-order chi connectivity index (χ1) is 15.0. The quantitative estimate of drug-likeness (QED) is 0.240. The molecule has 166 valence electrons. The van der Waals surface area contributed by atoms with Crippen LogP contribution in [-0.2, 0) is 14.9 Å². The summed E-state index contributed by atoms with van der Waals surface area (Å²) >= 11 is 5.82. The van der Waals surface area contributed by atoms with E-state index >= 15 is 0 Å². The Morgan fingerprint density at radius 1 is 1.25 bits per heavy atom. The minimum absolute atomic E-state index is 0.109. The van der Waals surface area contributed by atoms with Crippen molar-refractivity contribution >= 4 is 44.7 Å². The Hall–Kier alpha value is -3.74. The van der Waals surface area contributed by atoms with E-state index in [9.17, 15) is 27.7 Å². The van der Waals surface area contributed by atoms with E-state index in [1.54, 1.807) is 31.2 Å². The third kappa shape index (κ3) is 4.77. The van der Waals surface area contributed by atoms with E-state index < -0.39 is 26.3 Å². The van der Waals surface area contributed by atoms with Gasteiger partial charge in [0.05, 0.1) is 11.4 Å². The van der Waals surface area contributed by atoms with Crippen molar-refractivity contribution in [2.75, 3.05) is 5.32 Å². The van der Waals surface area contributed by atoms with Crippen LogP contribution in [-0.4, -0.2) is 33.8 Å². The number of benzene rings is 2. The number of phenols is 1. The van der Waals surface area contributed by atoms with Crippen LogP contribution in [0.25, 0.3) is 5.69 Å². The zero-order valence-electron chi connectivity index (χ0n) is 16.4. The van der Waals surface area contributed by atoms with Gasteiger partial charge >= 0.3 is 0 Å². The van der Waals surface area contributed by atoms with E-state index in [1.807, 2.05) is 0 Å². The molecule has 0 aliphatic rings. The second-order valence-corrected chi connectivity index (χ2v) is 8.24. The van der Waals surface area contributed by atoms with Crippen LogP contribution in [0, 0.1) is 6.92 Å². The fourth-order valence-corrected chi connectivity index (χ4v) is 3.56. The number of phenolic OH excluding ortho intramolecular Hbond substituents is 1. The van der Waals surface area contributed by atoms with Crippen molar-refractivity contribution in [1.29, 1.82) is 0 Å². The number of nitrogens with one attached hydrogen (secondary N) is 2. The lowest BCUT2D eigenvalue weighted by Gasteiger charge is -2.05. The fourth-order valence-electron chi connectivity index (χ4n) is 2.66. The van der Waals surface area contributed by atoms with E-state index in [2.05, 4.69) is 27.2 Å². The summed E-state index contributed by atoms with van der Waals surface area (Å²) in [5, 5.41) is 22.9. The normalized spacial score (nSPS) is 11.6. The summed E-state index contributed by atoms with van der Waals surface area (Å²) in [4.78, 5) is 23.3. The maximum absolute atomic E-state index is 12.8. The number of aryl methyl sites for hydroxylation is 1. The lowest BCUT2D eigenvalue weighted by atomic mass is 10.3. The molecule has 13 heteroatoms. The first-order valence-corrected chi connectivity index (χ1v) is 10.6. The first kappa shape index (κ1) is 22.9. The summed E-state index contributed by atoms with van der Waals surface area (Å²) in [6.07, 6.45) is 1.13. The molecule has 0 bridgehead atoms. The third-order valence-corrected chi connectivity index (χ3v) is 5.26. The molecule has 2 aromatic carbocycles. The number of amides is 1. The van der Waals surface area contributed by atoms with Crippen LogP contribution in [0.2, 0.25) is 5.02 Å². The largest absolute Gasteiger partial charge is 0.504 e. The lowest BCUT2D eigenvalue weighted by molar-refractivity contribution is -0.111. The Balaban J connectivity index is 1.97. The highest BCUT2D eigenvalue weighted by molar-refractivity contribution is 7.86. The molecule has 0 atom stereocenters. The molecule has 0 saturated carbocycles. The van der Waals surface area contributed by atoms with Crippen molar-refractivity contribution < 1.29 is 22.9 Å². The number of rotatable bonds is 6. The highest BCUT2D eigenvalue weighted by Crippen LogP contribution is 2.37. The monoisotopic (exact) mass is 477 g/mol. The summed E-state index contributed by atoms with van der Waals surface area (Å²) in [5.41, 5.74) is 0.224. The van der Waals surface area contributed by atoms with E-state index in [0.29, 0.717) is 17.1 Å². The van der Waals surface area contributed by atoms with Gasteiger partial charge in [-0.2, -0.15) is 8.42 Å². The zero-order valence-corrected chi connectivity index (χ0v) is 18.0. The van der Waals surface area contributed by atoms with Gasteiger partial charge < -0.3 is 10.4 Å². The van der Waals surface area contributed by atoms with Crippen molar-refractivity contribution in [3.63, 3.8) is 0 Å². The number of aromatic nitrogens is 2. The number of H-pyrrole nitrogens is 1. The van der Waals surface area contributed by atoms with Crippen LogP contribution < -0.4 is 10.9 Å². The molecule has 0 saturated heterocycles. The zero-order chi connectivity index (χ0) is 23.6. The molecule has 11 nitrogen and oxygen atoms in total. The number of halogens is 1. The molecule has 0 aliphatic heterocycles. The van der Waals surface area contributed by atoms with E-state index in [-0.39, 0.29) is 22.3 Å². The number of azo groups is 1. The van der Waals surface area contributed by atoms with E-state index in [0.717, 1.165) is 18.2 Å². The van der Waals surface area contributed by atoms with Crippen LogP contribution in [0.1, 0.15) is 5.69 Å². The molecular formula is C19H16ClN5O6S. The summed E-state index contributed by atoms with van der Waals surface area (Å²) in [5.74, 6) is -1.25. The van der Waals surface area contributed by atoms with Gasteiger partial charge in [-0.3, -0.25) is 19.2 Å². The molecule has 1 aromatic heterocycles. The van der Waals surface area contributed by atoms with Gasteiger partial charge in [0.1, 0.15) is 10.6 Å². The number of carbonyl (C=O) groups excluding carboxylic acids is 1. The SMILES string of the molecule is C=CC(=O)Nc1ccc(-n2[nH]c(C)c(N=Nc3cc(Cl)cc(S(=O)(=O)O)c3O)c2=O)cc1. The minimum atomic E-state index is -4.76. The van der Waals surface area contributed by atoms with E-state index in [1.165, 1.54) is 4.68 Å². The molecule has 0 unspecified atom stereocenters. The second kappa shape index (κ2) is 8.78. The van der Waals surface area contributed by atoms with Crippen molar-refractivity contribution in [3.8, 4) is 11.4 Å². The molecule has 0 fully saturated rings. The molecule has 0 radical (unpaired) electrons. The summed E-state index contributed by atoms with van der Waals surface area (Å²) in [7, 11) is -4.76. The Bertz CT molecular complexity index is 1410. The standard InChI is InChI=1S/C19H16ClN5O6S/c1-3-16(26)21-12-4-6-13(7-5-12)25-19(28)17(10(2)24-25)23-22-14-8-11(20)9-15(18(14)27)32(29,30)31/h3-9,24,27H,1H2,2H3,(H,21,26)(H,29,30,31). The maximum atomic E-state index is 12.8. The predicted molar refractivity (Wildman–Crippen MR) is 117 cm³/mol. The molecule has 1 amide bonds. The molecule has 0 aliphatic carbocycles. The van der Waals surface area contributed by atoms with Gasteiger partial charge in [-0.05, 0) is 49.4 Å². The minimum Gasteiger partial charge on any atom is -0.504 e. The lowest BCUT2D eigenvalue weighted by Crippen LogP contribution is -2.14. The van der Waals surface area contributed by atoms with Crippen LogP contribution >= 0.6 is 11.6 Å². The van der Waals surface area contributed by atoms with Crippen LogP contribution in [0.5, 0.6) is 5.75 Å². The molecular weight excluding hydrogens is 462 g/mol. The third-order valence-electron chi connectivity index (χ3n) is 4.17. The average molecular weight is 478 g/mol. The smallest absolute Gasteiger partial charge is 0.299 e. The number of aromatic amines is 1. The highest BCUT2D eigenvalue weighted by atomic mass is 35.5. The van der Waals surface area contributed by atoms with Gasteiger partial charge in [0.2, 0.25) is 5.91 Å². The van der Waals surface area contributed by atoms with Gasteiger partial charge in [0.15, 0.2) is 11.4 Å². The van der Waals surface area contributed by atoms with Crippen LogP contribution in [0.4, 0.5) is 17.1 Å². The number of hydrogen-bond donors (Lipinski definition) is 4. The average Bonchev–Trinajstić information content (AvgIpc) is 3.01. The van der Waals surface area contributed by atoms with Gasteiger partial charge in [0.25, 0.3) is 15.7 Å². The molecule has 3 aromatic rings. The second-order valence-electron chi connectivity index (χ2n) is 6.41. The Morgan fingerprint density at radius 2 is 1.91 bits per heavy atom. The molecule has 32 heavy (non-hydrogen) atoms. The first-order valence-electron chi connectivity index (χ1n) is 8.78. The fraction of sp³-hybridized carbons (Fsp3) is 0.0526. The molecule has 1 heterocycles. The number of anilines is 1. The van der Waals surface area contributed by atoms with Crippen LogP contribution in [0.15, 0.2) is 69.0 Å².